The van der Waals surface area contributed by atoms with E-state index in [9.17, 15) is 9.59 Å². The fraction of sp³-hybridized carbons (Fsp3) is 0.176. The third kappa shape index (κ3) is 5.70. The first-order chi connectivity index (χ1) is 12.0. The first kappa shape index (κ1) is 19.8. The van der Waals surface area contributed by atoms with Crippen LogP contribution in [0.5, 0.6) is 0 Å². The number of hydrogen-bond donors (Lipinski definition) is 6. The van der Waals surface area contributed by atoms with Gasteiger partial charge in [0.05, 0.1) is 22.7 Å². The van der Waals surface area contributed by atoms with Crippen LogP contribution >= 0.6 is 0 Å². The summed E-state index contributed by atoms with van der Waals surface area (Å²) in [5.41, 5.74) is 24.8. The minimum atomic E-state index is -0.515. The number of nitrogens with two attached hydrogens (primary N) is 4. The molecule has 0 radical (unpaired) electrons. The van der Waals surface area contributed by atoms with Crippen molar-refractivity contribution < 1.29 is 9.59 Å². The number of primary amides is 1. The van der Waals surface area contributed by atoms with Gasteiger partial charge in [-0.3, -0.25) is 9.59 Å². The van der Waals surface area contributed by atoms with E-state index >= 15 is 0 Å². The molecule has 0 aliphatic carbocycles. The van der Waals surface area contributed by atoms with Crippen LogP contribution in [0.3, 0.4) is 0 Å². The zero-order chi connectivity index (χ0) is 18.8. The van der Waals surface area contributed by atoms with Gasteiger partial charge in [0, 0.05) is 24.2 Å². The first-order valence-corrected chi connectivity index (χ1v) is 7.61. The predicted molar refractivity (Wildman–Crippen MR) is 103 cm³/mol. The van der Waals surface area contributed by atoms with Crippen LogP contribution < -0.4 is 33.6 Å². The number of amides is 1. The number of benzene rings is 2. The van der Waals surface area contributed by atoms with Crippen LogP contribution in [0.1, 0.15) is 20.7 Å². The predicted octanol–water partition coefficient (Wildman–Crippen LogP) is 0.861. The van der Waals surface area contributed by atoms with Crippen LogP contribution in [0, 0.1) is 0 Å². The quantitative estimate of drug-likeness (QED) is 0.246. The fourth-order valence-corrected chi connectivity index (χ4v) is 2.09. The van der Waals surface area contributed by atoms with E-state index in [2.05, 4.69) is 16.4 Å². The molecule has 8 heteroatoms. The van der Waals surface area contributed by atoms with E-state index < -0.39 is 5.91 Å². The first-order valence-electron chi connectivity index (χ1n) is 7.61. The Morgan fingerprint density at radius 1 is 0.960 bits per heavy atom. The van der Waals surface area contributed by atoms with Crippen molar-refractivity contribution in [1.82, 2.24) is 0 Å². The Labute approximate surface area is 146 Å². The molecule has 0 aliphatic rings. The molecule has 0 fully saturated rings. The summed E-state index contributed by atoms with van der Waals surface area (Å²) in [7, 11) is 1.50. The standard InChI is InChI=1S/C16H19N5O2.CH5N/c17-12-7-10(9-22)1-3-14(12)20-5-6-21-15-4-2-11(16(19)23)8-13(15)18;1-2/h1-4,7-9,20-21H,5-6,17-18H2,(H2,19,23);2H2,1H3. The van der Waals surface area contributed by atoms with Crippen molar-refractivity contribution in [3.05, 3.63) is 47.5 Å². The number of carbonyl (C=O) groups is 2. The topological polar surface area (TPSA) is 162 Å². The third-order valence-electron chi connectivity index (χ3n) is 3.30. The smallest absolute Gasteiger partial charge is 0.248 e. The second kappa shape index (κ2) is 9.78. The molecule has 0 unspecified atom stereocenters. The Morgan fingerprint density at radius 3 is 1.92 bits per heavy atom. The highest BCUT2D eigenvalue weighted by molar-refractivity contribution is 5.94. The number of aldehydes is 1. The Morgan fingerprint density at radius 2 is 1.48 bits per heavy atom. The van der Waals surface area contributed by atoms with Crippen LogP contribution in [0.25, 0.3) is 0 Å². The molecule has 10 N–H and O–H groups in total. The van der Waals surface area contributed by atoms with Gasteiger partial charge in [-0.25, -0.2) is 0 Å². The molecule has 8 nitrogen and oxygen atoms in total. The third-order valence-corrected chi connectivity index (χ3v) is 3.30. The van der Waals surface area contributed by atoms with Crippen LogP contribution in [0.15, 0.2) is 36.4 Å². The summed E-state index contributed by atoms with van der Waals surface area (Å²) in [6.07, 6.45) is 0.750. The average molecular weight is 344 g/mol. The Kier molecular flexibility index (Phi) is 7.74. The molecule has 0 spiro atoms. The van der Waals surface area contributed by atoms with Gasteiger partial charge >= 0.3 is 0 Å². The lowest BCUT2D eigenvalue weighted by Crippen LogP contribution is -2.16. The van der Waals surface area contributed by atoms with Gasteiger partial charge in [-0.15, -0.1) is 0 Å². The van der Waals surface area contributed by atoms with Crippen molar-refractivity contribution in [3.63, 3.8) is 0 Å². The van der Waals surface area contributed by atoms with Crippen LogP contribution in [-0.4, -0.2) is 32.3 Å². The number of hydrogen-bond acceptors (Lipinski definition) is 7. The summed E-state index contributed by atoms with van der Waals surface area (Å²) < 4.78 is 0. The molecular formula is C17H24N6O2. The van der Waals surface area contributed by atoms with E-state index in [-0.39, 0.29) is 0 Å². The summed E-state index contributed by atoms with van der Waals surface area (Å²) >= 11 is 0. The summed E-state index contributed by atoms with van der Waals surface area (Å²) in [6.45, 7) is 1.19. The van der Waals surface area contributed by atoms with Crippen molar-refractivity contribution in [2.45, 2.75) is 0 Å². The van der Waals surface area contributed by atoms with E-state index in [0.29, 0.717) is 35.6 Å². The maximum absolute atomic E-state index is 11.1. The SMILES string of the molecule is CN.NC(=O)c1ccc(NCCNc2ccc(C=O)cc2N)c(N)c1. The second-order valence-electron chi connectivity index (χ2n) is 4.98. The van der Waals surface area contributed by atoms with Gasteiger partial charge in [0.25, 0.3) is 0 Å². The van der Waals surface area contributed by atoms with E-state index in [1.165, 1.54) is 13.1 Å². The monoisotopic (exact) mass is 344 g/mol. The maximum Gasteiger partial charge on any atom is 0.248 e. The van der Waals surface area contributed by atoms with Crippen molar-refractivity contribution >= 4 is 34.9 Å². The van der Waals surface area contributed by atoms with Crippen molar-refractivity contribution in [2.24, 2.45) is 11.5 Å². The van der Waals surface area contributed by atoms with Crippen LogP contribution in [0.4, 0.5) is 22.7 Å². The van der Waals surface area contributed by atoms with Crippen molar-refractivity contribution in [2.75, 3.05) is 42.2 Å². The number of carbonyl (C=O) groups excluding carboxylic acids is 2. The lowest BCUT2D eigenvalue weighted by Gasteiger charge is -2.12. The minimum Gasteiger partial charge on any atom is -0.397 e. The molecule has 2 aromatic carbocycles. The molecule has 0 aliphatic heterocycles. The van der Waals surface area contributed by atoms with Crippen LogP contribution in [0.2, 0.25) is 0 Å². The van der Waals surface area contributed by atoms with E-state index in [4.69, 9.17) is 17.2 Å². The molecule has 25 heavy (non-hydrogen) atoms. The van der Waals surface area contributed by atoms with Gasteiger partial charge < -0.3 is 33.6 Å². The minimum absolute atomic E-state index is 0.370. The van der Waals surface area contributed by atoms with E-state index in [1.807, 2.05) is 0 Å². The van der Waals surface area contributed by atoms with E-state index in [0.717, 1.165) is 17.7 Å². The summed E-state index contributed by atoms with van der Waals surface area (Å²) in [5.74, 6) is -0.515. The lowest BCUT2D eigenvalue weighted by atomic mass is 10.1. The largest absolute Gasteiger partial charge is 0.397 e. The van der Waals surface area contributed by atoms with Gasteiger partial charge in [-0.05, 0) is 43.4 Å². The van der Waals surface area contributed by atoms with Gasteiger partial charge in [0.2, 0.25) is 5.91 Å². The molecule has 0 saturated carbocycles. The zero-order valence-corrected chi connectivity index (χ0v) is 14.1. The summed E-state index contributed by atoms with van der Waals surface area (Å²) in [5, 5.41) is 6.32. The van der Waals surface area contributed by atoms with Gasteiger partial charge in [0.1, 0.15) is 6.29 Å². The normalized spacial score (nSPS) is 9.52. The lowest BCUT2D eigenvalue weighted by molar-refractivity contribution is 0.1000. The molecule has 2 rings (SSSR count). The van der Waals surface area contributed by atoms with Crippen molar-refractivity contribution in [1.29, 1.82) is 0 Å². The summed E-state index contributed by atoms with van der Waals surface area (Å²) in [6, 6.07) is 9.93. The highest BCUT2D eigenvalue weighted by atomic mass is 16.1. The average Bonchev–Trinajstić information content (AvgIpc) is 2.62. The zero-order valence-electron chi connectivity index (χ0n) is 14.1. The molecular weight excluding hydrogens is 320 g/mol. The Balaban J connectivity index is 0.00000151. The number of nitrogens with one attached hydrogen (secondary N) is 2. The molecule has 1 amide bonds. The molecule has 0 atom stereocenters. The molecule has 0 heterocycles. The number of anilines is 4. The molecule has 0 saturated heterocycles. The molecule has 0 aromatic heterocycles. The Hall–Kier alpha value is -3.26. The molecule has 0 bridgehead atoms. The Bertz CT molecular complexity index is 733. The van der Waals surface area contributed by atoms with Crippen LogP contribution in [-0.2, 0) is 0 Å². The van der Waals surface area contributed by atoms with Gasteiger partial charge in [0.15, 0.2) is 0 Å². The number of rotatable bonds is 7. The van der Waals surface area contributed by atoms with Gasteiger partial charge in [-0.2, -0.15) is 0 Å². The van der Waals surface area contributed by atoms with Crippen molar-refractivity contribution in [3.8, 4) is 0 Å². The maximum atomic E-state index is 11.1. The highest BCUT2D eigenvalue weighted by Gasteiger charge is 2.04. The van der Waals surface area contributed by atoms with Gasteiger partial charge in [-0.1, -0.05) is 0 Å². The number of nitrogen functional groups attached to an aromatic ring is 2. The molecule has 2 aromatic rings. The highest BCUT2D eigenvalue weighted by Crippen LogP contribution is 2.20. The second-order valence-corrected chi connectivity index (χ2v) is 4.98. The fourth-order valence-electron chi connectivity index (χ4n) is 2.09. The molecule has 134 valence electrons. The summed E-state index contributed by atoms with van der Waals surface area (Å²) in [4.78, 5) is 21.7. The van der Waals surface area contributed by atoms with E-state index in [1.54, 1.807) is 30.3 Å².